The standard InChI is InChI=1S/C14H19ClFN3O/c1-18(2)6-7-19-12-9-13(20-3)10(16)8-11(12)17-14(19)4-5-15/h8-9H,4-7H2,1-3H3. The number of fused-ring (bicyclic) bond motifs is 1. The van der Waals surface area contributed by atoms with Gasteiger partial charge >= 0.3 is 0 Å². The first-order valence-electron chi connectivity index (χ1n) is 6.50. The molecular weight excluding hydrogens is 281 g/mol. The third-order valence-corrected chi connectivity index (χ3v) is 3.38. The van der Waals surface area contributed by atoms with E-state index in [2.05, 4.69) is 14.5 Å². The summed E-state index contributed by atoms with van der Waals surface area (Å²) < 4.78 is 20.9. The van der Waals surface area contributed by atoms with Crippen LogP contribution in [-0.4, -0.2) is 48.1 Å². The molecule has 20 heavy (non-hydrogen) atoms. The monoisotopic (exact) mass is 299 g/mol. The van der Waals surface area contributed by atoms with Crippen molar-refractivity contribution in [3.63, 3.8) is 0 Å². The van der Waals surface area contributed by atoms with E-state index in [1.54, 1.807) is 6.07 Å². The van der Waals surface area contributed by atoms with Crippen LogP contribution in [0.1, 0.15) is 5.82 Å². The highest BCUT2D eigenvalue weighted by atomic mass is 35.5. The van der Waals surface area contributed by atoms with E-state index in [1.165, 1.54) is 13.2 Å². The third kappa shape index (κ3) is 3.04. The molecule has 0 amide bonds. The number of imidazole rings is 1. The summed E-state index contributed by atoms with van der Waals surface area (Å²) in [6.07, 6.45) is 0.660. The van der Waals surface area contributed by atoms with Gasteiger partial charge in [-0.05, 0) is 14.1 Å². The van der Waals surface area contributed by atoms with Gasteiger partial charge in [-0.25, -0.2) is 9.37 Å². The van der Waals surface area contributed by atoms with Gasteiger partial charge in [0.25, 0.3) is 0 Å². The zero-order valence-electron chi connectivity index (χ0n) is 12.0. The van der Waals surface area contributed by atoms with Gasteiger partial charge in [-0.1, -0.05) is 0 Å². The number of aryl methyl sites for hydroxylation is 1. The summed E-state index contributed by atoms with van der Waals surface area (Å²) in [5.41, 5.74) is 1.52. The van der Waals surface area contributed by atoms with Crippen molar-refractivity contribution in [1.29, 1.82) is 0 Å². The summed E-state index contributed by atoms with van der Waals surface area (Å²) in [5.74, 6) is 1.21. The molecular formula is C14H19ClFN3O. The smallest absolute Gasteiger partial charge is 0.167 e. The van der Waals surface area contributed by atoms with E-state index >= 15 is 0 Å². The second-order valence-corrected chi connectivity index (χ2v) is 5.28. The predicted octanol–water partition coefficient (Wildman–Crippen LogP) is 2.53. The van der Waals surface area contributed by atoms with Crippen molar-refractivity contribution in [1.82, 2.24) is 14.5 Å². The Hall–Kier alpha value is -1.33. The van der Waals surface area contributed by atoms with Crippen LogP contribution in [0.15, 0.2) is 12.1 Å². The number of halogens is 2. The first-order chi connectivity index (χ1) is 9.56. The fraction of sp³-hybridized carbons (Fsp3) is 0.500. The number of methoxy groups -OCH3 is 1. The van der Waals surface area contributed by atoms with Crippen molar-refractivity contribution in [2.24, 2.45) is 0 Å². The quantitative estimate of drug-likeness (QED) is 0.768. The summed E-state index contributed by atoms with van der Waals surface area (Å²) in [4.78, 5) is 6.58. The number of aromatic nitrogens is 2. The molecule has 1 aromatic carbocycles. The van der Waals surface area contributed by atoms with E-state index in [4.69, 9.17) is 16.3 Å². The molecule has 2 rings (SSSR count). The molecule has 0 aliphatic rings. The number of likely N-dealkylation sites (N-methyl/N-ethyl adjacent to an activating group) is 1. The van der Waals surface area contributed by atoms with Gasteiger partial charge in [-0.3, -0.25) is 0 Å². The van der Waals surface area contributed by atoms with Crippen LogP contribution in [0, 0.1) is 5.82 Å². The summed E-state index contributed by atoms with van der Waals surface area (Å²) >= 11 is 5.83. The first-order valence-corrected chi connectivity index (χ1v) is 7.03. The number of ether oxygens (including phenoxy) is 1. The minimum atomic E-state index is -0.394. The molecule has 1 aromatic heterocycles. The van der Waals surface area contributed by atoms with Crippen LogP contribution in [0.5, 0.6) is 5.75 Å². The summed E-state index contributed by atoms with van der Waals surface area (Å²) in [6.45, 7) is 1.66. The van der Waals surface area contributed by atoms with E-state index in [0.29, 0.717) is 17.8 Å². The Morgan fingerprint density at radius 2 is 2.15 bits per heavy atom. The minimum absolute atomic E-state index is 0.237. The average molecular weight is 300 g/mol. The molecule has 0 radical (unpaired) electrons. The van der Waals surface area contributed by atoms with Crippen molar-refractivity contribution >= 4 is 22.6 Å². The summed E-state index contributed by atoms with van der Waals surface area (Å²) in [5, 5.41) is 0. The fourth-order valence-electron chi connectivity index (χ4n) is 2.16. The SMILES string of the molecule is COc1cc2c(cc1F)nc(CCCl)n2CCN(C)C. The van der Waals surface area contributed by atoms with Crippen molar-refractivity contribution in [2.75, 3.05) is 33.6 Å². The van der Waals surface area contributed by atoms with Crippen LogP contribution in [0.25, 0.3) is 11.0 Å². The molecule has 0 unspecified atom stereocenters. The molecule has 0 N–H and O–H groups in total. The maximum Gasteiger partial charge on any atom is 0.167 e. The highest BCUT2D eigenvalue weighted by Crippen LogP contribution is 2.25. The van der Waals surface area contributed by atoms with E-state index < -0.39 is 5.82 Å². The highest BCUT2D eigenvalue weighted by Gasteiger charge is 2.14. The Bertz CT molecular complexity index is 598. The van der Waals surface area contributed by atoms with Gasteiger partial charge in [0.15, 0.2) is 11.6 Å². The predicted molar refractivity (Wildman–Crippen MR) is 79.2 cm³/mol. The number of rotatable bonds is 6. The van der Waals surface area contributed by atoms with Crippen molar-refractivity contribution in [3.8, 4) is 5.75 Å². The second kappa shape index (κ2) is 6.41. The molecule has 0 spiro atoms. The number of hydrogen-bond acceptors (Lipinski definition) is 3. The first kappa shape index (κ1) is 15.1. The summed E-state index contributed by atoms with van der Waals surface area (Å²) in [6, 6.07) is 3.11. The van der Waals surface area contributed by atoms with Gasteiger partial charge in [0, 0.05) is 37.5 Å². The summed E-state index contributed by atoms with van der Waals surface area (Å²) in [7, 11) is 5.49. The zero-order chi connectivity index (χ0) is 14.7. The Kier molecular flexibility index (Phi) is 4.83. The van der Waals surface area contributed by atoms with Crippen molar-refractivity contribution < 1.29 is 9.13 Å². The van der Waals surface area contributed by atoms with Crippen LogP contribution < -0.4 is 4.74 Å². The van der Waals surface area contributed by atoms with E-state index in [1.807, 2.05) is 14.1 Å². The number of alkyl halides is 1. The second-order valence-electron chi connectivity index (χ2n) is 4.90. The number of benzene rings is 1. The van der Waals surface area contributed by atoms with Crippen LogP contribution >= 0.6 is 11.6 Å². The lowest BCUT2D eigenvalue weighted by atomic mass is 10.3. The van der Waals surface area contributed by atoms with Gasteiger partial charge in [-0.2, -0.15) is 0 Å². The lowest BCUT2D eigenvalue weighted by molar-refractivity contribution is 0.381. The molecule has 0 bridgehead atoms. The molecule has 2 aromatic rings. The highest BCUT2D eigenvalue weighted by molar-refractivity contribution is 6.17. The van der Waals surface area contributed by atoms with Gasteiger partial charge < -0.3 is 14.2 Å². The molecule has 0 saturated carbocycles. The Morgan fingerprint density at radius 1 is 1.40 bits per heavy atom. The van der Waals surface area contributed by atoms with E-state index in [-0.39, 0.29) is 5.75 Å². The zero-order valence-corrected chi connectivity index (χ0v) is 12.7. The van der Waals surface area contributed by atoms with Crippen molar-refractivity contribution in [3.05, 3.63) is 23.8 Å². The molecule has 4 nitrogen and oxygen atoms in total. The maximum absolute atomic E-state index is 13.8. The lowest BCUT2D eigenvalue weighted by Crippen LogP contribution is -2.19. The van der Waals surface area contributed by atoms with Gasteiger partial charge in [0.2, 0.25) is 0 Å². The maximum atomic E-state index is 13.8. The molecule has 1 heterocycles. The lowest BCUT2D eigenvalue weighted by Gasteiger charge is -2.13. The number of hydrogen-bond donors (Lipinski definition) is 0. The van der Waals surface area contributed by atoms with E-state index in [9.17, 15) is 4.39 Å². The molecule has 0 aliphatic heterocycles. The largest absolute Gasteiger partial charge is 0.494 e. The topological polar surface area (TPSA) is 30.3 Å². The Labute approximate surface area is 123 Å². The van der Waals surface area contributed by atoms with Crippen molar-refractivity contribution in [2.45, 2.75) is 13.0 Å². The van der Waals surface area contributed by atoms with Crippen LogP contribution in [-0.2, 0) is 13.0 Å². The minimum Gasteiger partial charge on any atom is -0.494 e. The average Bonchev–Trinajstić information content (AvgIpc) is 2.72. The van der Waals surface area contributed by atoms with E-state index in [0.717, 1.165) is 24.4 Å². The van der Waals surface area contributed by atoms with Crippen LogP contribution in [0.4, 0.5) is 4.39 Å². The Balaban J connectivity index is 2.50. The molecule has 0 aliphatic carbocycles. The third-order valence-electron chi connectivity index (χ3n) is 3.19. The molecule has 0 atom stereocenters. The van der Waals surface area contributed by atoms with Gasteiger partial charge in [0.1, 0.15) is 5.82 Å². The Morgan fingerprint density at radius 3 is 2.75 bits per heavy atom. The normalized spacial score (nSPS) is 11.5. The van der Waals surface area contributed by atoms with Gasteiger partial charge in [-0.15, -0.1) is 11.6 Å². The molecule has 110 valence electrons. The molecule has 0 fully saturated rings. The molecule has 0 saturated heterocycles. The number of nitrogens with zero attached hydrogens (tertiary/aromatic N) is 3. The van der Waals surface area contributed by atoms with Crippen LogP contribution in [0.2, 0.25) is 0 Å². The van der Waals surface area contributed by atoms with Gasteiger partial charge in [0.05, 0.1) is 18.1 Å². The van der Waals surface area contributed by atoms with Crippen LogP contribution in [0.3, 0.4) is 0 Å². The fourth-order valence-corrected chi connectivity index (χ4v) is 2.33. The molecule has 6 heteroatoms.